The van der Waals surface area contributed by atoms with Gasteiger partial charge in [-0.2, -0.15) is 5.10 Å². The Balaban J connectivity index is 3.09. The zero-order valence-corrected chi connectivity index (χ0v) is 7.87. The van der Waals surface area contributed by atoms with Crippen molar-refractivity contribution < 1.29 is 14.6 Å². The third kappa shape index (κ3) is 1.80. The van der Waals surface area contributed by atoms with E-state index in [0.717, 1.165) is 0 Å². The molecule has 1 N–H and O–H groups in total. The fraction of sp³-hybridized carbons (Fsp3) is 0.500. The van der Waals surface area contributed by atoms with Gasteiger partial charge < -0.3 is 9.84 Å². The van der Waals surface area contributed by atoms with Gasteiger partial charge in [-0.25, -0.2) is 4.68 Å². The van der Waals surface area contributed by atoms with E-state index in [0.29, 0.717) is 17.1 Å². The second-order valence-electron chi connectivity index (χ2n) is 2.77. The van der Waals surface area contributed by atoms with Crippen molar-refractivity contribution in [1.82, 2.24) is 9.78 Å². The summed E-state index contributed by atoms with van der Waals surface area (Å²) in [6, 6.07) is 0. The Labute approximate surface area is 75.9 Å². The van der Waals surface area contributed by atoms with E-state index in [1.54, 1.807) is 14.0 Å². The highest BCUT2D eigenvalue weighted by Crippen LogP contribution is 2.20. The zero-order chi connectivity index (χ0) is 10.0. The van der Waals surface area contributed by atoms with Crippen LogP contribution in [-0.2, 0) is 18.3 Å². The molecule has 0 fully saturated rings. The van der Waals surface area contributed by atoms with Gasteiger partial charge in [0.05, 0.1) is 19.2 Å². The molecule has 0 atom stereocenters. The van der Waals surface area contributed by atoms with Gasteiger partial charge >= 0.3 is 5.97 Å². The van der Waals surface area contributed by atoms with E-state index in [9.17, 15) is 4.79 Å². The number of nitrogens with zero attached hydrogens (tertiary/aromatic N) is 2. The summed E-state index contributed by atoms with van der Waals surface area (Å²) < 4.78 is 6.57. The Morgan fingerprint density at radius 1 is 1.69 bits per heavy atom. The van der Waals surface area contributed by atoms with Gasteiger partial charge in [0.1, 0.15) is 0 Å². The summed E-state index contributed by atoms with van der Waals surface area (Å²) in [5, 5.41) is 12.7. The number of carboxylic acids is 1. The lowest BCUT2D eigenvalue weighted by Gasteiger charge is -2.01. The Hall–Kier alpha value is -1.52. The summed E-state index contributed by atoms with van der Waals surface area (Å²) in [7, 11) is 3.22. The summed E-state index contributed by atoms with van der Waals surface area (Å²) in [5.74, 6) is -0.366. The Kier molecular flexibility index (Phi) is 2.55. The van der Waals surface area contributed by atoms with Crippen LogP contribution in [0.5, 0.6) is 5.88 Å². The minimum Gasteiger partial charge on any atom is -0.481 e. The fourth-order valence-corrected chi connectivity index (χ4v) is 1.29. The van der Waals surface area contributed by atoms with Gasteiger partial charge in [-0.05, 0) is 6.92 Å². The maximum absolute atomic E-state index is 10.5. The number of carboxylic acid groups (broad SMARTS) is 1. The standard InChI is InChI=1S/C8H12N2O3/c1-5-6(4-7(11)12)8(13-3)10(2)9-5/h4H2,1-3H3,(H,11,12). The number of hydrogen-bond donors (Lipinski definition) is 1. The van der Waals surface area contributed by atoms with E-state index < -0.39 is 5.97 Å². The van der Waals surface area contributed by atoms with E-state index in [2.05, 4.69) is 5.10 Å². The molecule has 72 valence electrons. The van der Waals surface area contributed by atoms with Crippen molar-refractivity contribution in [3.63, 3.8) is 0 Å². The Bertz CT molecular complexity index is 330. The lowest BCUT2D eigenvalue weighted by molar-refractivity contribution is -0.136. The summed E-state index contributed by atoms with van der Waals surface area (Å²) in [5.41, 5.74) is 1.33. The highest BCUT2D eigenvalue weighted by Gasteiger charge is 2.15. The van der Waals surface area contributed by atoms with Crippen LogP contribution in [0.4, 0.5) is 0 Å². The van der Waals surface area contributed by atoms with Crippen LogP contribution in [0, 0.1) is 6.92 Å². The molecule has 0 aliphatic rings. The van der Waals surface area contributed by atoms with Crippen LogP contribution in [0.15, 0.2) is 0 Å². The highest BCUT2D eigenvalue weighted by molar-refractivity contribution is 5.71. The predicted molar refractivity (Wildman–Crippen MR) is 45.8 cm³/mol. The van der Waals surface area contributed by atoms with E-state index in [1.807, 2.05) is 0 Å². The monoisotopic (exact) mass is 184 g/mol. The third-order valence-corrected chi connectivity index (χ3v) is 1.81. The normalized spacial score (nSPS) is 10.1. The zero-order valence-electron chi connectivity index (χ0n) is 7.87. The fourth-order valence-electron chi connectivity index (χ4n) is 1.29. The number of methoxy groups -OCH3 is 1. The second-order valence-corrected chi connectivity index (χ2v) is 2.77. The highest BCUT2D eigenvalue weighted by atomic mass is 16.5. The smallest absolute Gasteiger partial charge is 0.308 e. The van der Waals surface area contributed by atoms with Gasteiger partial charge in [0, 0.05) is 12.6 Å². The molecule has 1 aromatic heterocycles. The Morgan fingerprint density at radius 3 is 2.77 bits per heavy atom. The first-order valence-corrected chi connectivity index (χ1v) is 3.84. The van der Waals surface area contributed by atoms with Crippen LogP contribution in [0.2, 0.25) is 0 Å². The molecule has 1 heterocycles. The number of aromatic nitrogens is 2. The SMILES string of the molecule is COc1c(CC(=O)O)c(C)nn1C. The van der Waals surface area contributed by atoms with Crippen LogP contribution in [0.3, 0.4) is 0 Å². The van der Waals surface area contributed by atoms with Crippen LogP contribution >= 0.6 is 0 Å². The molecule has 5 nitrogen and oxygen atoms in total. The summed E-state index contributed by atoms with van der Waals surface area (Å²) in [6.07, 6.45) is -0.0527. The van der Waals surface area contributed by atoms with E-state index in [1.165, 1.54) is 11.8 Å². The second kappa shape index (κ2) is 3.47. The molecule has 0 bridgehead atoms. The van der Waals surface area contributed by atoms with E-state index >= 15 is 0 Å². The molecule has 1 rings (SSSR count). The molecule has 0 saturated carbocycles. The molecule has 0 aliphatic heterocycles. The van der Waals surface area contributed by atoms with Crippen LogP contribution in [-0.4, -0.2) is 28.0 Å². The first-order chi connectivity index (χ1) is 6.06. The van der Waals surface area contributed by atoms with Gasteiger partial charge in [-0.15, -0.1) is 0 Å². The molecular weight excluding hydrogens is 172 g/mol. The molecule has 0 saturated heterocycles. The lowest BCUT2D eigenvalue weighted by Crippen LogP contribution is -2.03. The number of aryl methyl sites for hydroxylation is 2. The molecule has 0 aromatic carbocycles. The maximum atomic E-state index is 10.5. The molecule has 13 heavy (non-hydrogen) atoms. The number of hydrogen-bond acceptors (Lipinski definition) is 3. The maximum Gasteiger partial charge on any atom is 0.308 e. The first-order valence-electron chi connectivity index (χ1n) is 3.84. The number of rotatable bonds is 3. The first kappa shape index (κ1) is 9.57. The number of ether oxygens (including phenoxy) is 1. The molecule has 0 spiro atoms. The summed E-state index contributed by atoms with van der Waals surface area (Å²) in [6.45, 7) is 1.76. The van der Waals surface area contributed by atoms with Gasteiger partial charge in [-0.1, -0.05) is 0 Å². The summed E-state index contributed by atoms with van der Waals surface area (Å²) in [4.78, 5) is 10.5. The minimum atomic E-state index is -0.880. The van der Waals surface area contributed by atoms with Gasteiger partial charge in [0.15, 0.2) is 0 Å². The Morgan fingerprint density at radius 2 is 2.31 bits per heavy atom. The largest absolute Gasteiger partial charge is 0.481 e. The summed E-state index contributed by atoms with van der Waals surface area (Å²) >= 11 is 0. The molecule has 0 unspecified atom stereocenters. The molecule has 5 heteroatoms. The molecule has 1 aromatic rings. The van der Waals surface area contributed by atoms with Crippen LogP contribution in [0.1, 0.15) is 11.3 Å². The molecule has 0 aliphatic carbocycles. The topological polar surface area (TPSA) is 64.3 Å². The van der Waals surface area contributed by atoms with Crippen LogP contribution < -0.4 is 4.74 Å². The predicted octanol–water partition coefficient (Wildman–Crippen LogP) is 0.364. The quantitative estimate of drug-likeness (QED) is 0.736. The van der Waals surface area contributed by atoms with E-state index in [-0.39, 0.29) is 6.42 Å². The van der Waals surface area contributed by atoms with Crippen LogP contribution in [0.25, 0.3) is 0 Å². The number of aliphatic carboxylic acids is 1. The minimum absolute atomic E-state index is 0.0527. The van der Waals surface area contributed by atoms with Crippen molar-refractivity contribution in [2.75, 3.05) is 7.11 Å². The van der Waals surface area contributed by atoms with Crippen molar-refractivity contribution in [3.8, 4) is 5.88 Å². The average molecular weight is 184 g/mol. The molecule has 0 radical (unpaired) electrons. The van der Waals surface area contributed by atoms with E-state index in [4.69, 9.17) is 9.84 Å². The molecular formula is C8H12N2O3. The van der Waals surface area contributed by atoms with Crippen molar-refractivity contribution in [2.45, 2.75) is 13.3 Å². The van der Waals surface area contributed by atoms with Gasteiger partial charge in [-0.3, -0.25) is 4.79 Å². The van der Waals surface area contributed by atoms with Gasteiger partial charge in [0.25, 0.3) is 0 Å². The number of carbonyl (C=O) groups is 1. The third-order valence-electron chi connectivity index (χ3n) is 1.81. The molecule has 0 amide bonds. The average Bonchev–Trinajstić information content (AvgIpc) is 2.26. The van der Waals surface area contributed by atoms with Crippen molar-refractivity contribution >= 4 is 5.97 Å². The van der Waals surface area contributed by atoms with Crippen molar-refractivity contribution in [1.29, 1.82) is 0 Å². The van der Waals surface area contributed by atoms with Crippen molar-refractivity contribution in [3.05, 3.63) is 11.3 Å². The van der Waals surface area contributed by atoms with Crippen molar-refractivity contribution in [2.24, 2.45) is 7.05 Å². The lowest BCUT2D eigenvalue weighted by atomic mass is 10.2. The van der Waals surface area contributed by atoms with Gasteiger partial charge in [0.2, 0.25) is 5.88 Å².